The van der Waals surface area contributed by atoms with Gasteiger partial charge in [-0.1, -0.05) is 0 Å². The van der Waals surface area contributed by atoms with E-state index < -0.39 is 7.60 Å². The van der Waals surface area contributed by atoms with Crippen molar-refractivity contribution in [2.75, 3.05) is 13.2 Å². The van der Waals surface area contributed by atoms with Gasteiger partial charge >= 0.3 is 7.60 Å². The Balaban J connectivity index is 3.09. The van der Waals surface area contributed by atoms with Gasteiger partial charge in [0, 0.05) is 17.8 Å². The second kappa shape index (κ2) is 6.92. The molecule has 0 saturated carbocycles. The molecule has 0 aliphatic heterocycles. The van der Waals surface area contributed by atoms with Crippen LogP contribution in [0.4, 0.5) is 0 Å². The molecule has 1 aliphatic carbocycles. The Hall–Kier alpha value is -0.310. The van der Waals surface area contributed by atoms with Gasteiger partial charge in [-0.3, -0.25) is 4.57 Å². The van der Waals surface area contributed by atoms with Gasteiger partial charge in [0.05, 0.1) is 18.5 Å². The van der Waals surface area contributed by atoms with Gasteiger partial charge in [0.15, 0.2) is 0 Å². The second-order valence-electron chi connectivity index (χ2n) is 5.32. The first-order chi connectivity index (χ1) is 8.87. The van der Waals surface area contributed by atoms with Crippen molar-refractivity contribution in [1.82, 2.24) is 4.90 Å². The van der Waals surface area contributed by atoms with E-state index in [9.17, 15) is 4.57 Å². The standard InChI is InChI=1S/C14H28NO3P/c1-7-17-19(16,18-8-2)14-10-9-13(14)15(11(3)4)12(5)6/h11-12H,7-10H2,1-6H3. The van der Waals surface area contributed by atoms with Gasteiger partial charge in [-0.15, -0.1) is 0 Å². The van der Waals surface area contributed by atoms with E-state index in [2.05, 4.69) is 32.6 Å². The summed E-state index contributed by atoms with van der Waals surface area (Å²) < 4.78 is 23.8. The van der Waals surface area contributed by atoms with Crippen LogP contribution in [0.5, 0.6) is 0 Å². The molecule has 0 N–H and O–H groups in total. The molecule has 0 aromatic carbocycles. The summed E-state index contributed by atoms with van der Waals surface area (Å²) in [5.41, 5.74) is 1.16. The third kappa shape index (κ3) is 3.62. The fourth-order valence-corrected chi connectivity index (χ4v) is 4.67. The third-order valence-electron chi connectivity index (χ3n) is 3.28. The highest BCUT2D eigenvalue weighted by Crippen LogP contribution is 2.63. The summed E-state index contributed by atoms with van der Waals surface area (Å²) in [6, 6.07) is 0.781. The van der Waals surface area contributed by atoms with Crippen LogP contribution >= 0.6 is 7.60 Å². The van der Waals surface area contributed by atoms with Crippen LogP contribution in [0.3, 0.4) is 0 Å². The van der Waals surface area contributed by atoms with E-state index in [4.69, 9.17) is 9.05 Å². The molecule has 0 unspecified atom stereocenters. The zero-order chi connectivity index (χ0) is 14.6. The Labute approximate surface area is 117 Å². The van der Waals surface area contributed by atoms with E-state index in [1.54, 1.807) is 0 Å². The van der Waals surface area contributed by atoms with Gasteiger partial charge < -0.3 is 13.9 Å². The summed E-state index contributed by atoms with van der Waals surface area (Å²) in [4.78, 5) is 2.32. The third-order valence-corrected chi connectivity index (χ3v) is 5.62. The minimum Gasteiger partial charge on any atom is -0.369 e. The smallest absolute Gasteiger partial charge is 0.359 e. The SMILES string of the molecule is CCOP(=O)(OCC)C1=C(N(C(C)C)C(C)C)CC1. The number of hydrogen-bond acceptors (Lipinski definition) is 4. The molecule has 0 radical (unpaired) electrons. The van der Waals surface area contributed by atoms with Gasteiger partial charge in [0.2, 0.25) is 0 Å². The number of rotatable bonds is 8. The molecule has 0 heterocycles. The summed E-state index contributed by atoms with van der Waals surface area (Å²) in [5.74, 6) is 0. The van der Waals surface area contributed by atoms with Gasteiger partial charge in [-0.2, -0.15) is 0 Å². The van der Waals surface area contributed by atoms with Gasteiger partial charge in [-0.25, -0.2) is 0 Å². The van der Waals surface area contributed by atoms with Crippen LogP contribution in [0.2, 0.25) is 0 Å². The van der Waals surface area contributed by atoms with Crippen LogP contribution in [0, 0.1) is 0 Å². The van der Waals surface area contributed by atoms with E-state index in [1.165, 1.54) is 0 Å². The molecule has 0 aromatic heterocycles. The average molecular weight is 289 g/mol. The molecule has 19 heavy (non-hydrogen) atoms. The Morgan fingerprint density at radius 2 is 1.53 bits per heavy atom. The first-order valence-electron chi connectivity index (χ1n) is 7.27. The summed E-state index contributed by atoms with van der Waals surface area (Å²) in [6.45, 7) is 13.2. The van der Waals surface area contributed by atoms with Crippen molar-refractivity contribution >= 4 is 7.60 Å². The predicted octanol–water partition coefficient (Wildman–Crippen LogP) is 4.38. The number of allylic oxidation sites excluding steroid dienone is 2. The Bertz CT molecular complexity index is 359. The fraction of sp³-hybridized carbons (Fsp3) is 0.857. The molecule has 0 aromatic rings. The summed E-state index contributed by atoms with van der Waals surface area (Å²) >= 11 is 0. The molecule has 0 fully saturated rings. The minimum atomic E-state index is -3.08. The summed E-state index contributed by atoms with van der Waals surface area (Å²) in [5, 5.41) is 0.888. The van der Waals surface area contributed by atoms with Crippen molar-refractivity contribution < 1.29 is 13.6 Å². The van der Waals surface area contributed by atoms with Crippen LogP contribution in [0.25, 0.3) is 0 Å². The van der Waals surface area contributed by atoms with Crippen LogP contribution in [0.1, 0.15) is 54.4 Å². The molecule has 1 rings (SSSR count). The molecular formula is C14H28NO3P. The molecule has 0 atom stereocenters. The quantitative estimate of drug-likeness (QED) is 0.622. The van der Waals surface area contributed by atoms with Crippen LogP contribution in [-0.4, -0.2) is 30.2 Å². The molecule has 0 saturated heterocycles. The zero-order valence-corrected chi connectivity index (χ0v) is 14.0. The highest BCUT2D eigenvalue weighted by Gasteiger charge is 2.39. The summed E-state index contributed by atoms with van der Waals surface area (Å²) in [7, 11) is -3.08. The van der Waals surface area contributed by atoms with Crippen molar-refractivity contribution in [2.24, 2.45) is 0 Å². The van der Waals surface area contributed by atoms with E-state index >= 15 is 0 Å². The highest BCUT2D eigenvalue weighted by molar-refractivity contribution is 7.58. The van der Waals surface area contributed by atoms with Crippen LogP contribution in [-0.2, 0) is 13.6 Å². The monoisotopic (exact) mass is 289 g/mol. The first kappa shape index (κ1) is 16.7. The van der Waals surface area contributed by atoms with E-state index in [0.717, 1.165) is 23.9 Å². The van der Waals surface area contributed by atoms with Crippen molar-refractivity contribution in [1.29, 1.82) is 0 Å². The molecule has 0 spiro atoms. The predicted molar refractivity (Wildman–Crippen MR) is 79.2 cm³/mol. The number of nitrogens with zero attached hydrogens (tertiary/aromatic N) is 1. The van der Waals surface area contributed by atoms with Gasteiger partial charge in [0.1, 0.15) is 0 Å². The van der Waals surface area contributed by atoms with Crippen molar-refractivity contribution in [3.8, 4) is 0 Å². The number of hydrogen-bond donors (Lipinski definition) is 0. The molecule has 5 heteroatoms. The van der Waals surface area contributed by atoms with Crippen molar-refractivity contribution in [3.05, 3.63) is 11.0 Å². The van der Waals surface area contributed by atoms with Crippen LogP contribution in [0.15, 0.2) is 11.0 Å². The normalized spacial score (nSPS) is 16.2. The topological polar surface area (TPSA) is 38.8 Å². The lowest BCUT2D eigenvalue weighted by molar-refractivity contribution is 0.198. The molecule has 112 valence electrons. The highest BCUT2D eigenvalue weighted by atomic mass is 31.2. The lowest BCUT2D eigenvalue weighted by Gasteiger charge is -2.42. The fourth-order valence-electron chi connectivity index (χ4n) is 2.67. The zero-order valence-electron chi connectivity index (χ0n) is 13.1. The molecular weight excluding hydrogens is 261 g/mol. The lowest BCUT2D eigenvalue weighted by atomic mass is 10.0. The Morgan fingerprint density at radius 1 is 1.05 bits per heavy atom. The summed E-state index contributed by atoms with van der Waals surface area (Å²) in [6.07, 6.45) is 1.79. The van der Waals surface area contributed by atoms with Crippen molar-refractivity contribution in [2.45, 2.75) is 66.5 Å². The minimum absolute atomic E-state index is 0.391. The van der Waals surface area contributed by atoms with E-state index in [-0.39, 0.29) is 0 Å². The lowest BCUT2D eigenvalue weighted by Crippen LogP contribution is -2.39. The van der Waals surface area contributed by atoms with Crippen LogP contribution < -0.4 is 0 Å². The molecule has 0 amide bonds. The largest absolute Gasteiger partial charge is 0.369 e. The van der Waals surface area contributed by atoms with Gasteiger partial charge in [0.25, 0.3) is 0 Å². The maximum absolute atomic E-state index is 12.8. The Kier molecular flexibility index (Phi) is 6.10. The van der Waals surface area contributed by atoms with Crippen molar-refractivity contribution in [3.63, 3.8) is 0 Å². The average Bonchev–Trinajstić information content (AvgIpc) is 2.23. The maximum atomic E-state index is 12.8. The molecule has 0 bridgehead atoms. The van der Waals surface area contributed by atoms with Gasteiger partial charge in [-0.05, 0) is 54.4 Å². The van der Waals surface area contributed by atoms with E-state index in [0.29, 0.717) is 25.3 Å². The first-order valence-corrected chi connectivity index (χ1v) is 8.81. The molecule has 4 nitrogen and oxygen atoms in total. The maximum Gasteiger partial charge on any atom is 0.359 e. The van der Waals surface area contributed by atoms with E-state index in [1.807, 2.05) is 13.8 Å². The Morgan fingerprint density at radius 3 is 1.79 bits per heavy atom. The molecule has 1 aliphatic rings. The second-order valence-corrected chi connectivity index (χ2v) is 7.37.